The lowest BCUT2D eigenvalue weighted by atomic mass is 9.74. The van der Waals surface area contributed by atoms with E-state index in [2.05, 4.69) is 11.4 Å². The van der Waals surface area contributed by atoms with Crippen LogP contribution in [0.3, 0.4) is 0 Å². The number of ether oxygens (including phenoxy) is 2. The molecule has 0 bridgehead atoms. The van der Waals surface area contributed by atoms with Gasteiger partial charge in [0.1, 0.15) is 17.3 Å². The average Bonchev–Trinajstić information content (AvgIpc) is 3.11. The van der Waals surface area contributed by atoms with Crippen molar-refractivity contribution < 1.29 is 23.8 Å². The number of rotatable bonds is 5. The fraction of sp³-hybridized carbons (Fsp3) is 0.381. The Bertz CT molecular complexity index is 863. The molecule has 1 heterocycles. The van der Waals surface area contributed by atoms with Gasteiger partial charge in [-0.05, 0) is 60.2 Å². The lowest BCUT2D eigenvalue weighted by Gasteiger charge is -2.38. The Morgan fingerprint density at radius 3 is 2.85 bits per heavy atom. The number of hydrogen-bond donors (Lipinski definition) is 2. The maximum absolute atomic E-state index is 13.7. The molecule has 1 amide bonds. The van der Waals surface area contributed by atoms with Crippen LogP contribution in [-0.4, -0.2) is 30.8 Å². The predicted octanol–water partition coefficient (Wildman–Crippen LogP) is 3.01. The highest BCUT2D eigenvalue weighted by Crippen LogP contribution is 2.40. The fourth-order valence-electron chi connectivity index (χ4n) is 3.85. The molecule has 0 aromatic heterocycles. The van der Waals surface area contributed by atoms with E-state index in [4.69, 9.17) is 9.47 Å². The molecule has 5 nitrogen and oxygen atoms in total. The molecule has 1 atom stereocenters. The van der Waals surface area contributed by atoms with Crippen LogP contribution in [0, 0.1) is 11.7 Å². The molecule has 2 N–H and O–H groups in total. The highest BCUT2D eigenvalue weighted by atomic mass is 19.1. The summed E-state index contributed by atoms with van der Waals surface area (Å²) in [6.07, 6.45) is 1.75. The number of amides is 1. The number of halogens is 1. The van der Waals surface area contributed by atoms with Gasteiger partial charge in [-0.1, -0.05) is 6.07 Å². The Morgan fingerprint density at radius 2 is 2.11 bits per heavy atom. The van der Waals surface area contributed by atoms with Crippen LogP contribution in [0.15, 0.2) is 36.4 Å². The van der Waals surface area contributed by atoms with Gasteiger partial charge in [0.25, 0.3) is 5.91 Å². The second-order valence-corrected chi connectivity index (χ2v) is 7.15. The summed E-state index contributed by atoms with van der Waals surface area (Å²) >= 11 is 0. The second-order valence-electron chi connectivity index (χ2n) is 7.15. The molecule has 2 aliphatic rings. The number of benzene rings is 2. The molecule has 2 aromatic carbocycles. The van der Waals surface area contributed by atoms with E-state index in [1.54, 1.807) is 0 Å². The zero-order valence-electron chi connectivity index (χ0n) is 15.1. The molecule has 1 aliphatic carbocycles. The topological polar surface area (TPSA) is 67.8 Å². The molecule has 1 aliphatic heterocycles. The van der Waals surface area contributed by atoms with Crippen LogP contribution in [0.2, 0.25) is 0 Å². The fourth-order valence-corrected chi connectivity index (χ4v) is 3.85. The molecule has 0 radical (unpaired) electrons. The Hall–Kier alpha value is -2.60. The van der Waals surface area contributed by atoms with Crippen molar-refractivity contribution in [3.8, 4) is 11.5 Å². The first-order chi connectivity index (χ1) is 13.0. The maximum Gasteiger partial charge on any atom is 0.255 e. The first-order valence-corrected chi connectivity index (χ1v) is 9.13. The maximum atomic E-state index is 13.7. The summed E-state index contributed by atoms with van der Waals surface area (Å²) in [5.41, 5.74) is 2.25. The minimum absolute atomic E-state index is 0.129. The zero-order valence-corrected chi connectivity index (χ0v) is 15.1. The van der Waals surface area contributed by atoms with Crippen molar-refractivity contribution in [2.75, 3.05) is 13.7 Å². The monoisotopic (exact) mass is 371 g/mol. The third-order valence-electron chi connectivity index (χ3n) is 5.39. The van der Waals surface area contributed by atoms with E-state index in [0.717, 1.165) is 23.3 Å². The average molecular weight is 371 g/mol. The van der Waals surface area contributed by atoms with Crippen LogP contribution < -0.4 is 14.8 Å². The normalized spacial score (nSPS) is 21.6. The molecular weight excluding hydrogens is 349 g/mol. The van der Waals surface area contributed by atoms with E-state index in [1.807, 2.05) is 12.1 Å². The van der Waals surface area contributed by atoms with Gasteiger partial charge in [0.05, 0.1) is 31.4 Å². The number of fused-ring (bicyclic) bond motifs is 1. The van der Waals surface area contributed by atoms with Gasteiger partial charge in [0, 0.05) is 6.42 Å². The van der Waals surface area contributed by atoms with Crippen LogP contribution in [0.5, 0.6) is 11.5 Å². The van der Waals surface area contributed by atoms with E-state index in [0.29, 0.717) is 25.2 Å². The summed E-state index contributed by atoms with van der Waals surface area (Å²) in [5.74, 6) is 0.442. The van der Waals surface area contributed by atoms with Crippen molar-refractivity contribution in [2.24, 2.45) is 5.92 Å². The summed E-state index contributed by atoms with van der Waals surface area (Å²) in [4.78, 5) is 12.9. The molecule has 0 spiro atoms. The van der Waals surface area contributed by atoms with Crippen LogP contribution in [0.25, 0.3) is 0 Å². The smallest absolute Gasteiger partial charge is 0.255 e. The van der Waals surface area contributed by atoms with E-state index < -0.39 is 11.7 Å². The van der Waals surface area contributed by atoms with Gasteiger partial charge in [0.2, 0.25) is 0 Å². The number of hydrogen-bond acceptors (Lipinski definition) is 4. The molecule has 27 heavy (non-hydrogen) atoms. The van der Waals surface area contributed by atoms with Gasteiger partial charge >= 0.3 is 0 Å². The molecule has 6 heteroatoms. The molecule has 4 rings (SSSR count). The molecule has 0 saturated heterocycles. The van der Waals surface area contributed by atoms with E-state index in [9.17, 15) is 14.3 Å². The highest BCUT2D eigenvalue weighted by Gasteiger charge is 2.36. The Balaban J connectivity index is 1.62. The van der Waals surface area contributed by atoms with Crippen molar-refractivity contribution in [2.45, 2.75) is 31.4 Å². The number of aliphatic hydroxyl groups is 1. The Kier molecular flexibility index (Phi) is 4.74. The van der Waals surface area contributed by atoms with Crippen LogP contribution in [0.4, 0.5) is 4.39 Å². The highest BCUT2D eigenvalue weighted by molar-refractivity contribution is 5.97. The van der Waals surface area contributed by atoms with Crippen LogP contribution in [0.1, 0.15) is 40.4 Å². The van der Waals surface area contributed by atoms with Crippen molar-refractivity contribution in [1.29, 1.82) is 0 Å². The second kappa shape index (κ2) is 7.19. The van der Waals surface area contributed by atoms with Gasteiger partial charge in [-0.25, -0.2) is 4.39 Å². The molecule has 2 aromatic rings. The summed E-state index contributed by atoms with van der Waals surface area (Å²) < 4.78 is 24.4. The van der Waals surface area contributed by atoms with Gasteiger partial charge in [-0.3, -0.25) is 4.79 Å². The molecule has 1 fully saturated rings. The minimum Gasteiger partial charge on any atom is -0.496 e. The van der Waals surface area contributed by atoms with Crippen molar-refractivity contribution >= 4 is 5.91 Å². The Morgan fingerprint density at radius 1 is 1.30 bits per heavy atom. The standard InChI is InChI=1S/C21H22FNO4/c1-26-19-5-3-15(22)11-17(19)21(25)23-20(14-9-16(24)10-14)13-2-4-18-12(8-13)6-7-27-18/h2-5,8,11,14,16,20,24H,6-7,9-10H2,1H3,(H,23,25)/t14?,16?,20-/m0/s1. The summed E-state index contributed by atoms with van der Waals surface area (Å²) in [5, 5.41) is 12.8. The number of methoxy groups -OCH3 is 1. The third-order valence-corrected chi connectivity index (χ3v) is 5.39. The third kappa shape index (κ3) is 3.49. The van der Waals surface area contributed by atoms with Crippen LogP contribution in [-0.2, 0) is 6.42 Å². The molecular formula is C21H22FNO4. The van der Waals surface area contributed by atoms with Crippen molar-refractivity contribution in [1.82, 2.24) is 5.32 Å². The SMILES string of the molecule is COc1ccc(F)cc1C(=O)N[C@@H](c1ccc2c(c1)CCO2)C1CC(O)C1. The number of nitrogens with one attached hydrogen (secondary N) is 1. The van der Waals surface area contributed by atoms with Crippen LogP contribution >= 0.6 is 0 Å². The molecule has 0 unspecified atom stereocenters. The summed E-state index contributed by atoms with van der Waals surface area (Å²) in [6.45, 7) is 0.665. The van der Waals surface area contributed by atoms with Crippen molar-refractivity contribution in [3.05, 3.63) is 58.9 Å². The number of carbonyl (C=O) groups is 1. The quantitative estimate of drug-likeness (QED) is 0.848. The van der Waals surface area contributed by atoms with E-state index >= 15 is 0 Å². The lowest BCUT2D eigenvalue weighted by molar-refractivity contribution is 0.0235. The minimum atomic E-state index is -0.494. The van der Waals surface area contributed by atoms with Gasteiger partial charge in [0.15, 0.2) is 0 Å². The predicted molar refractivity (Wildman–Crippen MR) is 97.5 cm³/mol. The van der Waals surface area contributed by atoms with E-state index in [1.165, 1.54) is 25.3 Å². The molecule has 142 valence electrons. The van der Waals surface area contributed by atoms with Gasteiger partial charge in [-0.15, -0.1) is 0 Å². The number of carbonyl (C=O) groups excluding carboxylic acids is 1. The summed E-state index contributed by atoms with van der Waals surface area (Å²) in [6, 6.07) is 9.55. The van der Waals surface area contributed by atoms with Crippen molar-refractivity contribution in [3.63, 3.8) is 0 Å². The lowest BCUT2D eigenvalue weighted by Crippen LogP contribution is -2.41. The van der Waals surface area contributed by atoms with Gasteiger partial charge < -0.3 is 19.9 Å². The first kappa shape index (κ1) is 17.8. The first-order valence-electron chi connectivity index (χ1n) is 9.13. The number of aliphatic hydroxyl groups excluding tert-OH is 1. The molecule has 1 saturated carbocycles. The Labute approximate surface area is 157 Å². The van der Waals surface area contributed by atoms with E-state index in [-0.39, 0.29) is 23.6 Å². The largest absolute Gasteiger partial charge is 0.496 e. The zero-order chi connectivity index (χ0) is 19.0. The summed E-state index contributed by atoms with van der Waals surface area (Å²) in [7, 11) is 1.45. The van der Waals surface area contributed by atoms with Gasteiger partial charge in [-0.2, -0.15) is 0 Å².